The highest BCUT2D eigenvalue weighted by atomic mass is 16.2. The molecule has 1 aliphatic rings. The summed E-state index contributed by atoms with van der Waals surface area (Å²) in [6.07, 6.45) is 0.740. The maximum Gasteiger partial charge on any atom is 0.364 e. The molecule has 0 saturated heterocycles. The highest BCUT2D eigenvalue weighted by Crippen LogP contribution is 2.28. The molecule has 0 bridgehead atoms. The van der Waals surface area contributed by atoms with Crippen molar-refractivity contribution in [3.8, 4) is 0 Å². The smallest absolute Gasteiger partial charge is 0.267 e. The third kappa shape index (κ3) is 2.69. The fourth-order valence-electron chi connectivity index (χ4n) is 4.02. The van der Waals surface area contributed by atoms with Gasteiger partial charge >= 0.3 is 11.6 Å². The number of hydrogen-bond donors (Lipinski definition) is 1. The zero-order chi connectivity index (χ0) is 19.3. The number of nitrogens with zero attached hydrogens (tertiary/aromatic N) is 4. The van der Waals surface area contributed by atoms with Gasteiger partial charge in [0.1, 0.15) is 5.69 Å². The molecule has 3 aromatic rings. The lowest BCUT2D eigenvalue weighted by Gasteiger charge is -2.26. The topological polar surface area (TPSA) is 66.9 Å². The molecule has 7 heteroatoms. The van der Waals surface area contributed by atoms with Gasteiger partial charge < -0.3 is 0 Å². The van der Waals surface area contributed by atoms with Crippen LogP contribution < -0.4 is 20.7 Å². The van der Waals surface area contributed by atoms with E-state index in [2.05, 4.69) is 41.9 Å². The molecule has 1 atom stereocenters. The first-order chi connectivity index (χ1) is 12.9. The SMILES string of the molecule is CCCn1c(=O)c2c([nH]c3[n+]2C[C@H](C)CN3c2cccc(C)c2)n(C)c1=O. The van der Waals surface area contributed by atoms with Crippen LogP contribution in [0.25, 0.3) is 11.2 Å². The second-order valence-corrected chi connectivity index (χ2v) is 7.61. The molecule has 2 aromatic heterocycles. The average molecular weight is 368 g/mol. The minimum Gasteiger partial charge on any atom is -0.267 e. The van der Waals surface area contributed by atoms with E-state index in [1.54, 1.807) is 11.6 Å². The van der Waals surface area contributed by atoms with Gasteiger partial charge in [0.15, 0.2) is 0 Å². The first kappa shape index (κ1) is 17.6. The molecule has 1 N–H and O–H groups in total. The molecule has 0 radical (unpaired) electrons. The lowest BCUT2D eigenvalue weighted by atomic mass is 10.1. The standard InChI is InChI=1S/C20H25N5O2/c1-5-9-23-18(26)16-17(22(4)20(23)27)21-19-24(11-14(3)12-25(16)19)15-8-6-7-13(2)10-15/h6-8,10,14H,5,9,11-12H2,1-4H3/p+1/t14-/m1/s1. The summed E-state index contributed by atoms with van der Waals surface area (Å²) < 4.78 is 4.94. The predicted octanol–water partition coefficient (Wildman–Crippen LogP) is 1.82. The Kier molecular flexibility index (Phi) is 4.17. The summed E-state index contributed by atoms with van der Waals surface area (Å²) in [4.78, 5) is 31.3. The molecule has 27 heavy (non-hydrogen) atoms. The lowest BCUT2D eigenvalue weighted by Crippen LogP contribution is -2.52. The molecule has 0 unspecified atom stereocenters. The number of hydrogen-bond acceptors (Lipinski definition) is 3. The Balaban J connectivity index is 2.02. The molecular formula is C20H26N5O2+. The second kappa shape index (κ2) is 6.40. The quantitative estimate of drug-likeness (QED) is 0.717. The Bertz CT molecular complexity index is 1140. The maximum atomic E-state index is 13.1. The number of imidazole rings is 1. The van der Waals surface area contributed by atoms with Crippen LogP contribution in [0.4, 0.5) is 11.6 Å². The van der Waals surface area contributed by atoms with Crippen molar-refractivity contribution in [1.82, 2.24) is 14.1 Å². The molecule has 4 rings (SSSR count). The van der Waals surface area contributed by atoms with Crippen LogP contribution in [-0.2, 0) is 20.1 Å². The van der Waals surface area contributed by atoms with E-state index in [-0.39, 0.29) is 11.2 Å². The van der Waals surface area contributed by atoms with Crippen LogP contribution in [0, 0.1) is 12.8 Å². The molecule has 0 amide bonds. The number of nitrogens with one attached hydrogen (secondary N) is 1. The number of aromatic amines is 1. The summed E-state index contributed by atoms with van der Waals surface area (Å²) in [7, 11) is 1.72. The third-order valence-electron chi connectivity index (χ3n) is 5.29. The monoisotopic (exact) mass is 368 g/mol. The summed E-state index contributed by atoms with van der Waals surface area (Å²) >= 11 is 0. The van der Waals surface area contributed by atoms with Crippen molar-refractivity contribution in [3.63, 3.8) is 0 Å². The van der Waals surface area contributed by atoms with Crippen LogP contribution in [0.1, 0.15) is 25.8 Å². The Hall–Kier alpha value is -2.83. The van der Waals surface area contributed by atoms with E-state index >= 15 is 0 Å². The van der Waals surface area contributed by atoms with E-state index in [1.165, 1.54) is 10.1 Å². The summed E-state index contributed by atoms with van der Waals surface area (Å²) in [5.41, 5.74) is 2.94. The van der Waals surface area contributed by atoms with Gasteiger partial charge in [-0.15, -0.1) is 0 Å². The van der Waals surface area contributed by atoms with Crippen molar-refractivity contribution in [1.29, 1.82) is 0 Å². The van der Waals surface area contributed by atoms with Gasteiger partial charge in [0, 0.05) is 19.5 Å². The predicted molar refractivity (Wildman–Crippen MR) is 106 cm³/mol. The first-order valence-corrected chi connectivity index (χ1v) is 9.52. The summed E-state index contributed by atoms with van der Waals surface area (Å²) in [6, 6.07) is 8.34. The average Bonchev–Trinajstić information content (AvgIpc) is 3.02. The normalized spacial score (nSPS) is 16.7. The van der Waals surface area contributed by atoms with Crippen LogP contribution in [0.2, 0.25) is 0 Å². The van der Waals surface area contributed by atoms with Gasteiger partial charge in [-0.2, -0.15) is 0 Å². The van der Waals surface area contributed by atoms with E-state index in [0.717, 1.165) is 31.1 Å². The van der Waals surface area contributed by atoms with Crippen molar-refractivity contribution >= 4 is 22.8 Å². The van der Waals surface area contributed by atoms with Gasteiger partial charge in [0.05, 0.1) is 13.1 Å². The number of anilines is 2. The highest BCUT2D eigenvalue weighted by molar-refractivity contribution is 5.70. The van der Waals surface area contributed by atoms with Crippen LogP contribution in [-0.4, -0.2) is 20.7 Å². The number of aryl methyl sites for hydroxylation is 2. The zero-order valence-corrected chi connectivity index (χ0v) is 16.3. The number of benzene rings is 1. The van der Waals surface area contributed by atoms with Crippen LogP contribution in [0.3, 0.4) is 0 Å². The van der Waals surface area contributed by atoms with Crippen molar-refractivity contribution < 1.29 is 4.57 Å². The van der Waals surface area contributed by atoms with Gasteiger partial charge in [0.2, 0.25) is 11.2 Å². The van der Waals surface area contributed by atoms with E-state index in [0.29, 0.717) is 23.6 Å². The Labute approximate surface area is 157 Å². The Morgan fingerprint density at radius 3 is 2.78 bits per heavy atom. The minimum atomic E-state index is -0.274. The number of rotatable bonds is 3. The van der Waals surface area contributed by atoms with E-state index in [9.17, 15) is 9.59 Å². The summed E-state index contributed by atoms with van der Waals surface area (Å²) in [5, 5.41) is 0. The maximum absolute atomic E-state index is 13.1. The van der Waals surface area contributed by atoms with Crippen LogP contribution >= 0.6 is 0 Å². The van der Waals surface area contributed by atoms with Gasteiger partial charge in [-0.25, -0.2) is 19.2 Å². The highest BCUT2D eigenvalue weighted by Gasteiger charge is 2.35. The molecule has 0 fully saturated rings. The molecule has 0 spiro atoms. The summed E-state index contributed by atoms with van der Waals surface area (Å²) in [5.74, 6) is 1.23. The molecular weight excluding hydrogens is 342 g/mol. The van der Waals surface area contributed by atoms with Gasteiger partial charge in [-0.1, -0.05) is 26.0 Å². The summed E-state index contributed by atoms with van der Waals surface area (Å²) in [6.45, 7) is 8.26. The van der Waals surface area contributed by atoms with Crippen molar-refractivity contribution in [2.45, 2.75) is 40.3 Å². The molecule has 7 nitrogen and oxygen atoms in total. The van der Waals surface area contributed by atoms with Crippen molar-refractivity contribution in [2.75, 3.05) is 11.4 Å². The number of fused-ring (bicyclic) bond motifs is 3. The molecule has 0 aliphatic carbocycles. The molecule has 3 heterocycles. The van der Waals surface area contributed by atoms with E-state index in [1.807, 2.05) is 17.6 Å². The molecule has 1 aliphatic heterocycles. The van der Waals surface area contributed by atoms with Crippen molar-refractivity contribution in [3.05, 3.63) is 50.7 Å². The van der Waals surface area contributed by atoms with E-state index < -0.39 is 0 Å². The van der Waals surface area contributed by atoms with Crippen LogP contribution in [0.15, 0.2) is 33.9 Å². The van der Waals surface area contributed by atoms with Gasteiger partial charge in [0.25, 0.3) is 5.56 Å². The first-order valence-electron chi connectivity index (χ1n) is 9.52. The molecule has 0 saturated carbocycles. The lowest BCUT2D eigenvalue weighted by molar-refractivity contribution is -0.669. The Morgan fingerprint density at radius 2 is 2.07 bits per heavy atom. The zero-order valence-electron chi connectivity index (χ0n) is 16.3. The Morgan fingerprint density at radius 1 is 1.30 bits per heavy atom. The molecule has 142 valence electrons. The third-order valence-corrected chi connectivity index (χ3v) is 5.29. The number of aromatic nitrogens is 4. The van der Waals surface area contributed by atoms with Gasteiger partial charge in [-0.3, -0.25) is 13.9 Å². The minimum absolute atomic E-state index is 0.212. The molecule has 1 aromatic carbocycles. The number of H-pyrrole nitrogens is 1. The fraction of sp³-hybridized carbons (Fsp3) is 0.450. The van der Waals surface area contributed by atoms with Crippen molar-refractivity contribution in [2.24, 2.45) is 13.0 Å². The van der Waals surface area contributed by atoms with Gasteiger partial charge in [-0.05, 0) is 31.0 Å². The van der Waals surface area contributed by atoms with E-state index in [4.69, 9.17) is 0 Å². The largest absolute Gasteiger partial charge is 0.364 e. The van der Waals surface area contributed by atoms with Crippen LogP contribution in [0.5, 0.6) is 0 Å². The second-order valence-electron chi connectivity index (χ2n) is 7.61. The fourth-order valence-corrected chi connectivity index (χ4v) is 4.02.